The van der Waals surface area contributed by atoms with Gasteiger partial charge in [0.15, 0.2) is 0 Å². The van der Waals surface area contributed by atoms with Crippen molar-refractivity contribution in [3.8, 4) is 0 Å². The van der Waals surface area contributed by atoms with E-state index in [1.165, 1.54) is 6.92 Å². The average Bonchev–Trinajstić information content (AvgIpc) is 3.83. The molecule has 2 aliphatic rings. The van der Waals surface area contributed by atoms with Crippen LogP contribution < -0.4 is 43.0 Å². The van der Waals surface area contributed by atoms with Crippen molar-refractivity contribution in [2.75, 3.05) is 13.1 Å². The second kappa shape index (κ2) is 21.5. The molecule has 1 aromatic carbocycles. The van der Waals surface area contributed by atoms with Crippen LogP contribution in [0, 0.1) is 11.8 Å². The van der Waals surface area contributed by atoms with Gasteiger partial charge in [0.25, 0.3) is 0 Å². The molecule has 3 heterocycles. The van der Waals surface area contributed by atoms with Crippen LogP contribution in [0.15, 0.2) is 30.5 Å². The molecule has 2 aromatic rings. The molecule has 2 fully saturated rings. The normalized spacial score (nSPS) is 21.3. The van der Waals surface area contributed by atoms with E-state index in [4.69, 9.17) is 5.73 Å². The Kier molecular flexibility index (Phi) is 16.8. The Morgan fingerprint density at radius 1 is 0.885 bits per heavy atom. The summed E-state index contributed by atoms with van der Waals surface area (Å²) in [4.78, 5) is 122. The first-order valence-corrected chi connectivity index (χ1v) is 20.7. The molecule has 0 saturated carbocycles. The van der Waals surface area contributed by atoms with Crippen LogP contribution in [0.25, 0.3) is 10.9 Å². The lowest BCUT2D eigenvalue weighted by Gasteiger charge is -2.34. The van der Waals surface area contributed by atoms with Crippen LogP contribution >= 0.6 is 0 Å². The van der Waals surface area contributed by atoms with Gasteiger partial charge in [0.05, 0.1) is 18.5 Å². The van der Waals surface area contributed by atoms with Crippen molar-refractivity contribution < 1.29 is 48.3 Å². The number of carboxylic acid groups (broad SMARTS) is 1. The number of nitrogens with two attached hydrogens (primary N) is 1. The Morgan fingerprint density at radius 2 is 1.56 bits per heavy atom. The number of primary amides is 1. The summed E-state index contributed by atoms with van der Waals surface area (Å²) in [5.41, 5.74) is 6.80. The summed E-state index contributed by atoms with van der Waals surface area (Å²) in [6.45, 7) is 10.4. The van der Waals surface area contributed by atoms with Gasteiger partial charge in [-0.15, -0.1) is 0 Å². The van der Waals surface area contributed by atoms with Crippen LogP contribution in [-0.4, -0.2) is 130 Å². The van der Waals surface area contributed by atoms with Gasteiger partial charge in [-0.1, -0.05) is 45.9 Å². The topological polar surface area (TPSA) is 303 Å². The van der Waals surface area contributed by atoms with Gasteiger partial charge in [-0.3, -0.25) is 43.3 Å². The fourth-order valence-electron chi connectivity index (χ4n) is 7.70. The highest BCUT2D eigenvalue weighted by molar-refractivity contribution is 5.97. The average molecular weight is 853 g/mol. The molecular weight excluding hydrogens is 793 g/mol. The van der Waals surface area contributed by atoms with Gasteiger partial charge >= 0.3 is 5.97 Å². The standard InChI is InChI=1S/C41H60N10O10/c1-20(2)16-27-36(55)46-22(5)34(51-15-9-12-30(51)39(58)49-27)40(59)43-14-13-32(53)45-23(6)35(54)47-29(18-31(42)52)37(56)48-28(38(57)50-33(21(3)4)41(60)61)17-24-19-44-26-11-8-7-10-25(24)26/h7-8,10-11,19-23,27-30,33-34,44H,9,12-18H2,1-6H3,(H2,42,52)(H,43,59)(H,45,53)(H,46,55)(H,47,54)(H,48,56)(H,49,58)(H,50,57)(H,60,61)/t22-,23-,27-,28-,29-,30-,33-,34+/m0/s1. The van der Waals surface area contributed by atoms with Gasteiger partial charge in [0, 0.05) is 36.5 Å². The number of aromatic nitrogens is 1. The third-order valence-electron chi connectivity index (χ3n) is 10.8. The van der Waals surface area contributed by atoms with E-state index in [1.54, 1.807) is 44.0 Å². The van der Waals surface area contributed by atoms with E-state index in [9.17, 15) is 48.3 Å². The van der Waals surface area contributed by atoms with E-state index < -0.39 is 102 Å². The molecule has 0 radical (unpaired) electrons. The number of benzene rings is 1. The summed E-state index contributed by atoms with van der Waals surface area (Å²) in [5.74, 6) is -7.10. The molecule has 2 saturated heterocycles. The Hall–Kier alpha value is -6.05. The molecular formula is C41H60N10O10. The minimum atomic E-state index is -1.59. The third kappa shape index (κ3) is 13.0. The molecule has 1 aromatic heterocycles. The SMILES string of the molecule is CC(C)C[C@@H]1NC(=O)[C@@H]2CCCN2[C@@H](C(=O)NCCC(=O)N[C@@H](C)C(=O)N[C@@H](CC(N)=O)C(=O)N[C@@H](Cc2c[nH]c3ccccc23)C(=O)N[C@H](C(=O)O)C(C)C)[C@H](C)NC1=O. The van der Waals surface area contributed by atoms with Gasteiger partial charge in [0.1, 0.15) is 36.3 Å². The van der Waals surface area contributed by atoms with E-state index in [-0.39, 0.29) is 37.1 Å². The van der Waals surface area contributed by atoms with Crippen LogP contribution in [0.5, 0.6) is 0 Å². The first kappa shape index (κ1) is 47.6. The van der Waals surface area contributed by atoms with E-state index in [0.29, 0.717) is 31.4 Å². The number of carboxylic acids is 1. The molecule has 61 heavy (non-hydrogen) atoms. The van der Waals surface area contributed by atoms with E-state index in [0.717, 1.165) is 10.9 Å². The summed E-state index contributed by atoms with van der Waals surface area (Å²) in [7, 11) is 0. The van der Waals surface area contributed by atoms with Crippen molar-refractivity contribution >= 4 is 64.1 Å². The number of H-pyrrole nitrogens is 1. The van der Waals surface area contributed by atoms with Crippen molar-refractivity contribution in [1.29, 1.82) is 0 Å². The number of rotatable bonds is 19. The Balaban J connectivity index is 1.38. The lowest BCUT2D eigenvalue weighted by molar-refractivity contribution is -0.143. The molecule has 0 spiro atoms. The summed E-state index contributed by atoms with van der Waals surface area (Å²) >= 11 is 0. The van der Waals surface area contributed by atoms with Gasteiger partial charge < -0.3 is 53.0 Å². The molecule has 0 bridgehead atoms. The summed E-state index contributed by atoms with van der Waals surface area (Å²) in [5, 5.41) is 28.8. The molecule has 334 valence electrons. The van der Waals surface area contributed by atoms with Crippen LogP contribution in [0.4, 0.5) is 0 Å². The zero-order valence-corrected chi connectivity index (χ0v) is 35.5. The zero-order valence-electron chi connectivity index (χ0n) is 35.5. The van der Waals surface area contributed by atoms with Crippen LogP contribution in [0.1, 0.15) is 79.2 Å². The van der Waals surface area contributed by atoms with E-state index in [1.807, 2.05) is 26.0 Å². The predicted molar refractivity (Wildman–Crippen MR) is 222 cm³/mol. The number of aromatic amines is 1. The van der Waals surface area contributed by atoms with Gasteiger partial charge in [-0.05, 0) is 63.1 Å². The van der Waals surface area contributed by atoms with Crippen molar-refractivity contribution in [2.24, 2.45) is 17.6 Å². The quantitative estimate of drug-likeness (QED) is 0.0790. The maximum atomic E-state index is 13.7. The highest BCUT2D eigenvalue weighted by Crippen LogP contribution is 2.24. The number of carbonyl (C=O) groups is 9. The van der Waals surface area contributed by atoms with Crippen molar-refractivity contribution in [1.82, 2.24) is 47.1 Å². The minimum Gasteiger partial charge on any atom is -0.480 e. The summed E-state index contributed by atoms with van der Waals surface area (Å²) in [6.07, 6.45) is 2.24. The van der Waals surface area contributed by atoms with Gasteiger partial charge in [0.2, 0.25) is 47.3 Å². The molecule has 11 N–H and O–H groups in total. The molecule has 8 amide bonds. The smallest absolute Gasteiger partial charge is 0.326 e. The van der Waals surface area contributed by atoms with Crippen molar-refractivity contribution in [3.05, 3.63) is 36.0 Å². The van der Waals surface area contributed by atoms with Crippen molar-refractivity contribution in [2.45, 2.75) is 128 Å². The number of amides is 8. The number of hydrogen-bond acceptors (Lipinski definition) is 10. The zero-order chi connectivity index (χ0) is 45.1. The summed E-state index contributed by atoms with van der Waals surface area (Å²) in [6, 6.07) is -1.17. The lowest BCUT2D eigenvalue weighted by Crippen LogP contribution is -2.59. The highest BCUT2D eigenvalue weighted by atomic mass is 16.4. The Bertz CT molecular complexity index is 1970. The monoisotopic (exact) mass is 852 g/mol. The number of carbonyl (C=O) groups excluding carboxylic acids is 8. The van der Waals surface area contributed by atoms with Gasteiger partial charge in [-0.2, -0.15) is 0 Å². The molecule has 20 heteroatoms. The second-order valence-electron chi connectivity index (χ2n) is 16.6. The predicted octanol–water partition coefficient (Wildman–Crippen LogP) is -1.33. The summed E-state index contributed by atoms with van der Waals surface area (Å²) < 4.78 is 0. The second-order valence-corrected chi connectivity index (χ2v) is 16.6. The Labute approximate surface area is 354 Å². The van der Waals surface area contributed by atoms with Crippen LogP contribution in [-0.2, 0) is 49.6 Å². The minimum absolute atomic E-state index is 0.0900. The lowest BCUT2D eigenvalue weighted by atomic mass is 10.0. The molecule has 0 aliphatic carbocycles. The first-order chi connectivity index (χ1) is 28.8. The molecule has 8 atom stereocenters. The molecule has 0 unspecified atom stereocenters. The van der Waals surface area contributed by atoms with Crippen LogP contribution in [0.2, 0.25) is 0 Å². The number of aliphatic carboxylic acids is 1. The van der Waals surface area contributed by atoms with E-state index in [2.05, 4.69) is 42.2 Å². The fraction of sp³-hybridized carbons (Fsp3) is 0.585. The largest absolute Gasteiger partial charge is 0.480 e. The van der Waals surface area contributed by atoms with E-state index >= 15 is 0 Å². The maximum Gasteiger partial charge on any atom is 0.326 e. The van der Waals surface area contributed by atoms with Crippen LogP contribution in [0.3, 0.4) is 0 Å². The molecule has 4 rings (SSSR count). The third-order valence-corrected chi connectivity index (χ3v) is 10.8. The van der Waals surface area contributed by atoms with Crippen molar-refractivity contribution in [3.63, 3.8) is 0 Å². The first-order valence-electron chi connectivity index (χ1n) is 20.7. The van der Waals surface area contributed by atoms with Gasteiger partial charge in [-0.25, -0.2) is 4.79 Å². The molecule has 2 aliphatic heterocycles. The number of nitrogens with zero attached hydrogens (tertiary/aromatic N) is 1. The highest BCUT2D eigenvalue weighted by Gasteiger charge is 2.44. The number of fused-ring (bicyclic) bond motifs is 2. The fourth-order valence-corrected chi connectivity index (χ4v) is 7.70. The number of nitrogens with one attached hydrogen (secondary N) is 8. The Morgan fingerprint density at radius 3 is 2.21 bits per heavy atom. The molecule has 20 nitrogen and oxygen atoms in total. The number of para-hydroxylation sites is 1. The maximum absolute atomic E-state index is 13.7. The number of hydrogen-bond donors (Lipinski definition) is 10.